The summed E-state index contributed by atoms with van der Waals surface area (Å²) in [6, 6.07) is 8.54. The van der Waals surface area contributed by atoms with Crippen LogP contribution < -0.4 is 20.9 Å². The molecule has 0 bridgehead atoms. The first-order valence-corrected chi connectivity index (χ1v) is 11.8. The van der Waals surface area contributed by atoms with Crippen LogP contribution in [0, 0.1) is 19.7 Å². The lowest BCUT2D eigenvalue weighted by Gasteiger charge is -2.36. The summed E-state index contributed by atoms with van der Waals surface area (Å²) in [5, 5.41) is 0. The average molecular weight is 494 g/mol. The Morgan fingerprint density at radius 1 is 1.06 bits per heavy atom. The van der Waals surface area contributed by atoms with Gasteiger partial charge >= 0.3 is 0 Å². The lowest BCUT2D eigenvalue weighted by atomic mass is 10.2. The van der Waals surface area contributed by atoms with E-state index in [1.807, 2.05) is 17.9 Å². The zero-order chi connectivity index (χ0) is 25.4. The second-order valence-electron chi connectivity index (χ2n) is 8.81. The molecular formula is C25H28FN7O3. The first-order valence-electron chi connectivity index (χ1n) is 11.8. The van der Waals surface area contributed by atoms with Crippen LogP contribution in [0.5, 0.6) is 5.75 Å². The summed E-state index contributed by atoms with van der Waals surface area (Å²) in [5.41, 5.74) is 8.00. The van der Waals surface area contributed by atoms with Crippen molar-refractivity contribution >= 4 is 22.8 Å². The molecular weight excluding hydrogens is 465 g/mol. The van der Waals surface area contributed by atoms with E-state index in [2.05, 4.69) is 19.9 Å². The Morgan fingerprint density at radius 2 is 1.83 bits per heavy atom. The number of fused-ring (bicyclic) bond motifs is 1. The molecule has 1 aromatic carbocycles. The van der Waals surface area contributed by atoms with Crippen LogP contribution >= 0.6 is 0 Å². The van der Waals surface area contributed by atoms with E-state index in [-0.39, 0.29) is 17.3 Å². The van der Waals surface area contributed by atoms with Crippen molar-refractivity contribution in [3.05, 3.63) is 58.0 Å². The molecule has 5 rings (SSSR count). The molecule has 0 amide bonds. The molecule has 0 saturated carbocycles. The number of methoxy groups -OCH3 is 1. The Morgan fingerprint density at radius 3 is 2.50 bits per heavy atom. The normalized spacial score (nSPS) is 14.5. The van der Waals surface area contributed by atoms with Crippen LogP contribution in [0.25, 0.3) is 22.6 Å². The van der Waals surface area contributed by atoms with E-state index in [1.54, 1.807) is 29.7 Å². The third kappa shape index (κ3) is 4.49. The Balaban J connectivity index is 1.36. The van der Waals surface area contributed by atoms with Gasteiger partial charge in [-0.15, -0.1) is 0 Å². The molecule has 36 heavy (non-hydrogen) atoms. The number of nitrogen functional groups attached to an aromatic ring is 1. The van der Waals surface area contributed by atoms with E-state index < -0.39 is 0 Å². The highest BCUT2D eigenvalue weighted by Crippen LogP contribution is 2.27. The number of nitrogens with zero attached hydrogens (tertiary/aromatic N) is 6. The Bertz CT molecular complexity index is 1470. The van der Waals surface area contributed by atoms with Crippen molar-refractivity contribution in [2.24, 2.45) is 0 Å². The third-order valence-electron chi connectivity index (χ3n) is 6.45. The van der Waals surface area contributed by atoms with Crippen molar-refractivity contribution in [3.63, 3.8) is 0 Å². The van der Waals surface area contributed by atoms with E-state index in [4.69, 9.17) is 14.9 Å². The molecule has 2 N–H and O–H groups in total. The molecule has 0 unspecified atom stereocenters. The maximum absolute atomic E-state index is 14.5. The van der Waals surface area contributed by atoms with Gasteiger partial charge in [0.25, 0.3) is 5.56 Å². The second-order valence-corrected chi connectivity index (χ2v) is 8.81. The number of rotatable bonds is 6. The van der Waals surface area contributed by atoms with Gasteiger partial charge in [-0.25, -0.2) is 14.4 Å². The molecule has 11 heteroatoms. The molecule has 1 aliphatic rings. The summed E-state index contributed by atoms with van der Waals surface area (Å²) >= 11 is 0. The van der Waals surface area contributed by atoms with E-state index in [0.29, 0.717) is 65.9 Å². The maximum atomic E-state index is 14.5. The second kappa shape index (κ2) is 9.57. The number of anilines is 2. The molecule has 1 fully saturated rings. The lowest BCUT2D eigenvalue weighted by Crippen LogP contribution is -2.48. The largest absolute Gasteiger partial charge is 0.497 e. The number of aromatic nitrogens is 4. The van der Waals surface area contributed by atoms with Crippen LogP contribution in [0.1, 0.15) is 11.5 Å². The summed E-state index contributed by atoms with van der Waals surface area (Å²) < 4.78 is 26.9. The van der Waals surface area contributed by atoms with Gasteiger partial charge in [0.1, 0.15) is 34.2 Å². The molecule has 0 spiro atoms. The van der Waals surface area contributed by atoms with Crippen molar-refractivity contribution in [1.29, 1.82) is 0 Å². The number of aryl methyl sites for hydroxylation is 2. The number of nitrogens with two attached hydrogens (primary N) is 1. The predicted molar refractivity (Wildman–Crippen MR) is 135 cm³/mol. The molecule has 10 nitrogen and oxygen atoms in total. The SMILES string of the molecule is COc1ccc(N2CCN(CCn3c(=O)c(C)nc4c(-c5ccc(C)o5)nc(N)nc43)CC2)c(F)c1. The van der Waals surface area contributed by atoms with Crippen molar-refractivity contribution in [2.75, 3.05) is 50.5 Å². The fraction of sp³-hybridized carbons (Fsp3) is 0.360. The van der Waals surface area contributed by atoms with Crippen molar-refractivity contribution < 1.29 is 13.5 Å². The fourth-order valence-electron chi connectivity index (χ4n) is 4.52. The number of halogens is 1. The maximum Gasteiger partial charge on any atom is 0.273 e. The number of hydrogen-bond acceptors (Lipinski definition) is 9. The molecule has 1 aliphatic heterocycles. The van der Waals surface area contributed by atoms with Crippen LogP contribution in [0.15, 0.2) is 39.5 Å². The Kier molecular flexibility index (Phi) is 6.31. The van der Waals surface area contributed by atoms with E-state index in [0.717, 1.165) is 18.8 Å². The van der Waals surface area contributed by atoms with Gasteiger partial charge in [0.05, 0.1) is 12.8 Å². The number of furan rings is 1. The van der Waals surface area contributed by atoms with Crippen LogP contribution in [-0.4, -0.2) is 64.3 Å². The summed E-state index contributed by atoms with van der Waals surface area (Å²) in [6.07, 6.45) is 0. The quantitative estimate of drug-likeness (QED) is 0.433. The smallest absolute Gasteiger partial charge is 0.273 e. The summed E-state index contributed by atoms with van der Waals surface area (Å²) in [6.45, 7) is 7.35. The molecule has 1 saturated heterocycles. The fourth-order valence-corrected chi connectivity index (χ4v) is 4.52. The molecule has 0 atom stereocenters. The Labute approximate surface area is 207 Å². The topological polar surface area (TPSA) is 116 Å². The monoisotopic (exact) mass is 493 g/mol. The van der Waals surface area contributed by atoms with Gasteiger partial charge in [0.2, 0.25) is 5.95 Å². The molecule has 4 heterocycles. The zero-order valence-electron chi connectivity index (χ0n) is 20.5. The van der Waals surface area contributed by atoms with Gasteiger partial charge in [-0.3, -0.25) is 14.3 Å². The van der Waals surface area contributed by atoms with Crippen molar-refractivity contribution in [1.82, 2.24) is 24.4 Å². The first-order chi connectivity index (χ1) is 17.3. The molecule has 0 radical (unpaired) electrons. The van der Waals surface area contributed by atoms with Gasteiger partial charge in [-0.1, -0.05) is 0 Å². The van der Waals surface area contributed by atoms with Crippen LogP contribution in [-0.2, 0) is 6.54 Å². The van der Waals surface area contributed by atoms with Gasteiger partial charge < -0.3 is 19.8 Å². The van der Waals surface area contributed by atoms with Gasteiger partial charge in [-0.05, 0) is 38.1 Å². The van der Waals surface area contributed by atoms with E-state index >= 15 is 0 Å². The summed E-state index contributed by atoms with van der Waals surface area (Å²) in [4.78, 5) is 30.5. The van der Waals surface area contributed by atoms with Gasteiger partial charge in [-0.2, -0.15) is 4.98 Å². The number of ether oxygens (including phenoxy) is 1. The molecule has 3 aromatic heterocycles. The number of benzene rings is 1. The van der Waals surface area contributed by atoms with Crippen LogP contribution in [0.4, 0.5) is 16.0 Å². The number of hydrogen-bond donors (Lipinski definition) is 1. The average Bonchev–Trinajstić information content (AvgIpc) is 3.31. The highest BCUT2D eigenvalue weighted by molar-refractivity contribution is 5.86. The van der Waals surface area contributed by atoms with Crippen molar-refractivity contribution in [3.8, 4) is 17.2 Å². The summed E-state index contributed by atoms with van der Waals surface area (Å²) in [7, 11) is 1.52. The predicted octanol–water partition coefficient (Wildman–Crippen LogP) is 2.62. The van der Waals surface area contributed by atoms with Crippen LogP contribution in [0.3, 0.4) is 0 Å². The standard InChI is InChI=1S/C25H28FN7O3/c1-15-4-7-20(36-15)21-22-23(30-25(27)29-21)33(24(34)16(2)28-22)13-10-31-8-11-32(12-9-31)19-6-5-17(35-3)14-18(19)26/h4-7,14H,8-13H2,1-3H3,(H2,27,29,30). The van der Waals surface area contributed by atoms with E-state index in [1.165, 1.54) is 13.2 Å². The van der Waals surface area contributed by atoms with Crippen LogP contribution in [0.2, 0.25) is 0 Å². The minimum Gasteiger partial charge on any atom is -0.497 e. The highest BCUT2D eigenvalue weighted by atomic mass is 19.1. The lowest BCUT2D eigenvalue weighted by molar-refractivity contribution is 0.247. The zero-order valence-corrected chi connectivity index (χ0v) is 20.5. The van der Waals surface area contributed by atoms with E-state index in [9.17, 15) is 9.18 Å². The third-order valence-corrected chi connectivity index (χ3v) is 6.45. The minimum atomic E-state index is -0.298. The van der Waals surface area contributed by atoms with Gasteiger partial charge in [0, 0.05) is 45.3 Å². The minimum absolute atomic E-state index is 0.0421. The Hall–Kier alpha value is -3.99. The van der Waals surface area contributed by atoms with Gasteiger partial charge in [0.15, 0.2) is 11.4 Å². The number of piperazine rings is 1. The van der Waals surface area contributed by atoms with Crippen molar-refractivity contribution in [2.45, 2.75) is 20.4 Å². The molecule has 188 valence electrons. The molecule has 4 aromatic rings. The first kappa shape index (κ1) is 23.7. The molecule has 0 aliphatic carbocycles. The highest BCUT2D eigenvalue weighted by Gasteiger charge is 2.22. The summed E-state index contributed by atoms with van der Waals surface area (Å²) in [5.74, 6) is 1.49.